The van der Waals surface area contributed by atoms with Gasteiger partial charge in [-0.15, -0.1) is 0 Å². The molecule has 2 aromatic rings. The molecule has 146 valence electrons. The average Bonchev–Trinajstić information content (AvgIpc) is 2.61. The lowest BCUT2D eigenvalue weighted by Gasteiger charge is -2.17. The van der Waals surface area contributed by atoms with E-state index < -0.39 is 12.0 Å². The molecule has 1 unspecified atom stereocenters. The van der Waals surface area contributed by atoms with Crippen LogP contribution < -0.4 is 14.8 Å². The predicted octanol–water partition coefficient (Wildman–Crippen LogP) is 5.19. The second-order valence-corrected chi connectivity index (χ2v) is 6.97. The van der Waals surface area contributed by atoms with E-state index in [-0.39, 0.29) is 13.2 Å². The topological polar surface area (TPSA) is 67.8 Å². The van der Waals surface area contributed by atoms with Crippen molar-refractivity contribution in [1.82, 2.24) is 5.32 Å². The summed E-state index contributed by atoms with van der Waals surface area (Å²) in [5.74, 6) is 0.0189. The second-order valence-electron chi connectivity index (χ2n) is 5.75. The summed E-state index contributed by atoms with van der Waals surface area (Å²) in [6.07, 6.45) is 0. The van der Waals surface area contributed by atoms with Crippen LogP contribution in [0.25, 0.3) is 0 Å². The summed E-state index contributed by atoms with van der Waals surface area (Å²) in [4.78, 5) is 10.9. The fraction of sp³-hybridized carbons (Fsp3) is 0.316. The van der Waals surface area contributed by atoms with Crippen molar-refractivity contribution in [3.05, 3.63) is 56.5 Å². The van der Waals surface area contributed by atoms with Gasteiger partial charge in [-0.3, -0.25) is 4.79 Å². The highest BCUT2D eigenvalue weighted by atomic mass is 35.5. The van der Waals surface area contributed by atoms with Crippen LogP contribution in [0.4, 0.5) is 0 Å². The van der Waals surface area contributed by atoms with E-state index in [1.54, 1.807) is 37.3 Å². The van der Waals surface area contributed by atoms with Crippen molar-refractivity contribution in [3.8, 4) is 11.5 Å². The monoisotopic (exact) mass is 431 g/mol. The van der Waals surface area contributed by atoms with E-state index in [4.69, 9.17) is 49.4 Å². The third-order valence-electron chi connectivity index (χ3n) is 3.82. The number of carboxylic acid groups (broad SMARTS) is 1. The molecule has 2 aromatic carbocycles. The van der Waals surface area contributed by atoms with Gasteiger partial charge in [0.25, 0.3) is 0 Å². The molecule has 0 bridgehead atoms. The van der Waals surface area contributed by atoms with Gasteiger partial charge in [-0.05, 0) is 37.6 Å². The molecule has 0 heterocycles. The Kier molecular flexibility index (Phi) is 8.05. The predicted molar refractivity (Wildman–Crippen MR) is 107 cm³/mol. The van der Waals surface area contributed by atoms with Crippen molar-refractivity contribution in [2.75, 3.05) is 6.61 Å². The number of hydrogen-bond donors (Lipinski definition) is 2. The number of rotatable bonds is 9. The maximum Gasteiger partial charge on any atom is 0.320 e. The highest BCUT2D eigenvalue weighted by Crippen LogP contribution is 2.35. The highest BCUT2D eigenvalue weighted by molar-refractivity contribution is 6.36. The van der Waals surface area contributed by atoms with Gasteiger partial charge in [-0.2, -0.15) is 0 Å². The lowest BCUT2D eigenvalue weighted by atomic mass is 10.1. The number of carboxylic acids is 1. The molecule has 0 amide bonds. The van der Waals surface area contributed by atoms with Gasteiger partial charge in [0.05, 0.1) is 6.61 Å². The first-order valence-electron chi connectivity index (χ1n) is 8.30. The van der Waals surface area contributed by atoms with Crippen LogP contribution >= 0.6 is 34.8 Å². The van der Waals surface area contributed by atoms with Crippen LogP contribution in [0.3, 0.4) is 0 Å². The second kappa shape index (κ2) is 10.0. The molecule has 5 nitrogen and oxygen atoms in total. The molecule has 0 saturated heterocycles. The van der Waals surface area contributed by atoms with Crippen molar-refractivity contribution in [3.63, 3.8) is 0 Å². The van der Waals surface area contributed by atoms with E-state index in [1.807, 2.05) is 6.92 Å². The summed E-state index contributed by atoms with van der Waals surface area (Å²) in [6.45, 7) is 4.28. The number of carbonyl (C=O) groups is 1. The highest BCUT2D eigenvalue weighted by Gasteiger charge is 2.15. The molecule has 0 aliphatic heterocycles. The molecular formula is C19H20Cl3NO4. The molecule has 0 aliphatic rings. The smallest absolute Gasteiger partial charge is 0.320 e. The minimum Gasteiger partial charge on any atom is -0.490 e. The molecule has 1 atom stereocenters. The van der Waals surface area contributed by atoms with Crippen LogP contribution in [0.15, 0.2) is 30.3 Å². The number of aliphatic carboxylic acids is 1. The Bertz CT molecular complexity index is 794. The average molecular weight is 433 g/mol. The van der Waals surface area contributed by atoms with Gasteiger partial charge in [0.2, 0.25) is 0 Å². The first kappa shape index (κ1) is 21.6. The zero-order valence-electron chi connectivity index (χ0n) is 14.9. The number of hydrogen-bond acceptors (Lipinski definition) is 4. The van der Waals surface area contributed by atoms with Crippen molar-refractivity contribution in [2.24, 2.45) is 0 Å². The third kappa shape index (κ3) is 5.91. The Morgan fingerprint density at radius 2 is 1.74 bits per heavy atom. The molecule has 2 N–H and O–H groups in total. The Hall–Kier alpha value is -1.66. The van der Waals surface area contributed by atoms with Gasteiger partial charge in [-0.25, -0.2) is 0 Å². The first-order chi connectivity index (χ1) is 12.8. The van der Waals surface area contributed by atoms with Crippen LogP contribution in [0.5, 0.6) is 11.5 Å². The van der Waals surface area contributed by atoms with Gasteiger partial charge in [-0.1, -0.05) is 40.9 Å². The molecule has 0 spiro atoms. The number of halogens is 3. The number of nitrogens with one attached hydrogen (secondary N) is 1. The van der Waals surface area contributed by atoms with Crippen molar-refractivity contribution >= 4 is 40.8 Å². The molecule has 27 heavy (non-hydrogen) atoms. The van der Waals surface area contributed by atoms with Crippen LogP contribution in [0.1, 0.15) is 25.0 Å². The Labute approximate surface area is 173 Å². The van der Waals surface area contributed by atoms with Gasteiger partial charge in [0, 0.05) is 33.2 Å². The normalized spacial score (nSPS) is 11.9. The Morgan fingerprint density at radius 1 is 1.11 bits per heavy atom. The van der Waals surface area contributed by atoms with Crippen LogP contribution in [-0.2, 0) is 17.9 Å². The molecule has 0 aromatic heterocycles. The molecule has 8 heteroatoms. The van der Waals surface area contributed by atoms with Crippen LogP contribution in [0, 0.1) is 0 Å². The summed E-state index contributed by atoms with van der Waals surface area (Å²) < 4.78 is 11.5. The van der Waals surface area contributed by atoms with Gasteiger partial charge >= 0.3 is 5.97 Å². The summed E-state index contributed by atoms with van der Waals surface area (Å²) in [5, 5.41) is 13.3. The van der Waals surface area contributed by atoms with E-state index in [0.717, 1.165) is 0 Å². The molecule has 0 saturated carbocycles. The molecule has 2 rings (SSSR count). The summed E-state index contributed by atoms with van der Waals surface area (Å²) in [5.41, 5.74) is 1.37. The van der Waals surface area contributed by atoms with Crippen molar-refractivity contribution < 1.29 is 19.4 Å². The van der Waals surface area contributed by atoms with E-state index >= 15 is 0 Å². The van der Waals surface area contributed by atoms with Crippen LogP contribution in [0.2, 0.25) is 15.1 Å². The first-order valence-corrected chi connectivity index (χ1v) is 9.44. The van der Waals surface area contributed by atoms with Gasteiger partial charge in [0.1, 0.15) is 12.6 Å². The zero-order chi connectivity index (χ0) is 20.0. The summed E-state index contributed by atoms with van der Waals surface area (Å²) >= 11 is 18.7. The van der Waals surface area contributed by atoms with Crippen LogP contribution in [-0.4, -0.2) is 23.7 Å². The summed E-state index contributed by atoms with van der Waals surface area (Å²) in [7, 11) is 0. The quantitative estimate of drug-likeness (QED) is 0.571. The minimum absolute atomic E-state index is 0.155. The third-order valence-corrected chi connectivity index (χ3v) is 4.88. The fourth-order valence-electron chi connectivity index (χ4n) is 2.26. The van der Waals surface area contributed by atoms with E-state index in [0.29, 0.717) is 44.3 Å². The molecular weight excluding hydrogens is 413 g/mol. The maximum atomic E-state index is 10.9. The summed E-state index contributed by atoms with van der Waals surface area (Å²) in [6, 6.07) is 7.91. The maximum absolute atomic E-state index is 10.9. The molecule has 0 fully saturated rings. The standard InChI is InChI=1S/C19H20Cl3NO4/c1-3-26-17-7-12(9-23-11(2)19(24)25)16(22)8-18(17)27-10-13-14(20)5-4-6-15(13)21/h4-8,11,23H,3,9-10H2,1-2H3,(H,24,25). The van der Waals surface area contributed by atoms with Gasteiger partial charge in [0.15, 0.2) is 11.5 Å². The van der Waals surface area contributed by atoms with Gasteiger partial charge < -0.3 is 19.9 Å². The SMILES string of the molecule is CCOc1cc(CNC(C)C(=O)O)c(Cl)cc1OCc1c(Cl)cccc1Cl. The fourth-order valence-corrected chi connectivity index (χ4v) is 2.99. The minimum atomic E-state index is -0.937. The Balaban J connectivity index is 2.20. The zero-order valence-corrected chi connectivity index (χ0v) is 17.2. The Morgan fingerprint density at radius 3 is 2.33 bits per heavy atom. The van der Waals surface area contributed by atoms with E-state index in [9.17, 15) is 4.79 Å². The van der Waals surface area contributed by atoms with Crippen molar-refractivity contribution in [1.29, 1.82) is 0 Å². The largest absolute Gasteiger partial charge is 0.490 e. The number of ether oxygens (including phenoxy) is 2. The van der Waals surface area contributed by atoms with E-state index in [1.165, 1.54) is 0 Å². The molecule has 0 aliphatic carbocycles. The lowest BCUT2D eigenvalue weighted by molar-refractivity contribution is -0.139. The van der Waals surface area contributed by atoms with E-state index in [2.05, 4.69) is 5.32 Å². The molecule has 0 radical (unpaired) electrons. The lowest BCUT2D eigenvalue weighted by Crippen LogP contribution is -2.33. The van der Waals surface area contributed by atoms with Crippen molar-refractivity contribution in [2.45, 2.75) is 33.0 Å². The number of benzene rings is 2.